The maximum Gasteiger partial charge on any atom is 0.668 e. The Balaban J connectivity index is 0.000000385. The van der Waals surface area contributed by atoms with Crippen LogP contribution in [0.5, 0.6) is 0 Å². The van der Waals surface area contributed by atoms with Gasteiger partial charge in [0.1, 0.15) is 0 Å². The molecule has 0 fully saturated rings. The highest BCUT2D eigenvalue weighted by molar-refractivity contribution is 6.46. The molecule has 0 unspecified atom stereocenters. The summed E-state index contributed by atoms with van der Waals surface area (Å²) in [6.07, 6.45) is 2.68. The van der Waals surface area contributed by atoms with E-state index < -0.39 is 15.0 Å². The minimum absolute atomic E-state index is 0.898. The van der Waals surface area contributed by atoms with Crippen LogP contribution in [0.3, 0.4) is 0 Å². The fourth-order valence-corrected chi connectivity index (χ4v) is 0.732. The van der Waals surface area contributed by atoms with Crippen LogP contribution in [0.1, 0.15) is 5.56 Å². The zero-order valence-corrected chi connectivity index (χ0v) is 9.19. The standard InChI is InChI=1S/C9H8O2.H4O4Si/c10-9(11)7-6-8-4-2-1-3-5-8;1-5(2,3)4/h1-7H,(H,10,11);1-4H. The summed E-state index contributed by atoms with van der Waals surface area (Å²) in [5.41, 5.74) is 0.898. The van der Waals surface area contributed by atoms with Crippen LogP contribution >= 0.6 is 0 Å². The maximum atomic E-state index is 10.1. The van der Waals surface area contributed by atoms with E-state index in [4.69, 9.17) is 24.3 Å². The summed E-state index contributed by atoms with van der Waals surface area (Å²) >= 11 is 0. The van der Waals surface area contributed by atoms with Gasteiger partial charge in [-0.2, -0.15) is 0 Å². The van der Waals surface area contributed by atoms with E-state index in [2.05, 4.69) is 0 Å². The van der Waals surface area contributed by atoms with E-state index in [1.54, 1.807) is 6.08 Å². The topological polar surface area (TPSA) is 118 Å². The van der Waals surface area contributed by atoms with E-state index in [-0.39, 0.29) is 0 Å². The number of carboxylic acids is 1. The molecule has 0 amide bonds. The molecule has 88 valence electrons. The first-order valence-corrected chi connectivity index (χ1v) is 5.93. The van der Waals surface area contributed by atoms with Crippen molar-refractivity contribution in [3.8, 4) is 0 Å². The smallest absolute Gasteiger partial charge is 0.478 e. The van der Waals surface area contributed by atoms with Gasteiger partial charge in [-0.15, -0.1) is 0 Å². The van der Waals surface area contributed by atoms with Crippen molar-refractivity contribution in [2.24, 2.45) is 0 Å². The first kappa shape index (κ1) is 14.5. The second kappa shape index (κ2) is 6.88. The molecule has 7 heteroatoms. The molecule has 1 aromatic carbocycles. The summed E-state index contributed by atoms with van der Waals surface area (Å²) < 4.78 is 0. The van der Waals surface area contributed by atoms with Gasteiger partial charge in [0.25, 0.3) is 0 Å². The van der Waals surface area contributed by atoms with Gasteiger partial charge in [-0.1, -0.05) is 30.3 Å². The first-order chi connectivity index (χ1) is 7.29. The van der Waals surface area contributed by atoms with Crippen molar-refractivity contribution in [3.05, 3.63) is 42.0 Å². The number of carbonyl (C=O) groups is 1. The Kier molecular flexibility index (Phi) is 6.23. The molecule has 1 rings (SSSR count). The predicted octanol–water partition coefficient (Wildman–Crippen LogP) is -0.824. The fourth-order valence-electron chi connectivity index (χ4n) is 0.732. The molecular weight excluding hydrogens is 232 g/mol. The summed E-state index contributed by atoms with van der Waals surface area (Å²) in [6.45, 7) is 0. The van der Waals surface area contributed by atoms with Crippen LogP contribution in [0, 0.1) is 0 Å². The molecule has 0 atom stereocenters. The molecule has 1 aromatic rings. The fraction of sp³-hybridized carbons (Fsp3) is 0. The van der Waals surface area contributed by atoms with E-state index in [1.807, 2.05) is 30.3 Å². The molecule has 0 bridgehead atoms. The van der Waals surface area contributed by atoms with Gasteiger partial charge in [0.05, 0.1) is 0 Å². The number of hydrogen-bond donors (Lipinski definition) is 5. The Morgan fingerprint density at radius 3 is 1.88 bits per heavy atom. The lowest BCUT2D eigenvalue weighted by atomic mass is 10.2. The van der Waals surface area contributed by atoms with Crippen LogP contribution in [0.4, 0.5) is 0 Å². The van der Waals surface area contributed by atoms with Gasteiger partial charge in [-0.25, -0.2) is 4.79 Å². The molecule has 0 aliphatic carbocycles. The average Bonchev–Trinajstić information content (AvgIpc) is 2.14. The summed E-state index contributed by atoms with van der Waals surface area (Å²) in [5, 5.41) is 8.29. The van der Waals surface area contributed by atoms with Crippen molar-refractivity contribution in [2.75, 3.05) is 0 Å². The summed E-state index contributed by atoms with van der Waals surface area (Å²) in [6, 6.07) is 9.31. The van der Waals surface area contributed by atoms with Crippen LogP contribution in [-0.2, 0) is 4.79 Å². The van der Waals surface area contributed by atoms with Crippen LogP contribution < -0.4 is 0 Å². The van der Waals surface area contributed by atoms with Gasteiger partial charge in [0, 0.05) is 6.08 Å². The van der Waals surface area contributed by atoms with E-state index in [1.165, 1.54) is 0 Å². The van der Waals surface area contributed by atoms with Gasteiger partial charge in [-0.05, 0) is 11.6 Å². The van der Waals surface area contributed by atoms with Crippen LogP contribution in [0.25, 0.3) is 6.08 Å². The Labute approximate surface area is 92.8 Å². The normalized spacial score (nSPS) is 10.8. The quantitative estimate of drug-likeness (QED) is 0.342. The van der Waals surface area contributed by atoms with Gasteiger partial charge >= 0.3 is 15.0 Å². The second-order valence-electron chi connectivity index (χ2n) is 2.68. The van der Waals surface area contributed by atoms with Crippen molar-refractivity contribution in [2.45, 2.75) is 0 Å². The second-order valence-corrected chi connectivity index (χ2v) is 3.88. The molecule has 6 nitrogen and oxygen atoms in total. The highest BCUT2D eigenvalue weighted by Gasteiger charge is 2.22. The maximum absolute atomic E-state index is 10.1. The van der Waals surface area contributed by atoms with Crippen molar-refractivity contribution < 1.29 is 29.1 Å². The highest BCUT2D eigenvalue weighted by atomic mass is 28.4. The van der Waals surface area contributed by atoms with Gasteiger partial charge in [0.2, 0.25) is 0 Å². The SMILES string of the molecule is O=C(O)C=Cc1ccccc1.O[Si](O)(O)O. The lowest BCUT2D eigenvalue weighted by molar-refractivity contribution is -0.131. The van der Waals surface area contributed by atoms with Crippen molar-refractivity contribution in [1.29, 1.82) is 0 Å². The minimum atomic E-state index is -4.61. The highest BCUT2D eigenvalue weighted by Crippen LogP contribution is 1.99. The molecule has 0 radical (unpaired) electrons. The monoisotopic (exact) mass is 244 g/mol. The van der Waals surface area contributed by atoms with Crippen LogP contribution in [-0.4, -0.2) is 39.3 Å². The van der Waals surface area contributed by atoms with Crippen molar-refractivity contribution in [3.63, 3.8) is 0 Å². The summed E-state index contributed by atoms with van der Waals surface area (Å²) in [7, 11) is -4.61. The van der Waals surface area contributed by atoms with Gasteiger partial charge < -0.3 is 24.3 Å². The Hall–Kier alpha value is -1.51. The zero-order valence-electron chi connectivity index (χ0n) is 8.19. The third-order valence-electron chi connectivity index (χ3n) is 1.22. The van der Waals surface area contributed by atoms with Crippen molar-refractivity contribution in [1.82, 2.24) is 0 Å². The van der Waals surface area contributed by atoms with Crippen LogP contribution in [0.2, 0.25) is 0 Å². The number of benzene rings is 1. The van der Waals surface area contributed by atoms with Crippen molar-refractivity contribution >= 4 is 21.1 Å². The number of carboxylic acid groups (broad SMARTS) is 1. The van der Waals surface area contributed by atoms with E-state index in [0.29, 0.717) is 0 Å². The Bertz CT molecular complexity index is 337. The minimum Gasteiger partial charge on any atom is -0.478 e. The van der Waals surface area contributed by atoms with Gasteiger partial charge in [0.15, 0.2) is 0 Å². The summed E-state index contributed by atoms with van der Waals surface area (Å²) in [5.74, 6) is -0.922. The molecule has 0 saturated carbocycles. The van der Waals surface area contributed by atoms with Gasteiger partial charge in [-0.3, -0.25) is 0 Å². The molecule has 5 N–H and O–H groups in total. The largest absolute Gasteiger partial charge is 0.668 e. The molecular formula is C9H12O6Si. The summed E-state index contributed by atoms with van der Waals surface area (Å²) in [4.78, 5) is 39.4. The molecule has 0 heterocycles. The predicted molar refractivity (Wildman–Crippen MR) is 57.7 cm³/mol. The molecule has 0 saturated heterocycles. The third kappa shape index (κ3) is 12.5. The zero-order chi connectivity index (χ0) is 12.6. The number of aliphatic carboxylic acids is 1. The number of hydrogen-bond acceptors (Lipinski definition) is 5. The molecule has 0 spiro atoms. The van der Waals surface area contributed by atoms with E-state index in [9.17, 15) is 4.79 Å². The average molecular weight is 244 g/mol. The number of rotatable bonds is 2. The lowest BCUT2D eigenvalue weighted by Crippen LogP contribution is -2.33. The molecule has 16 heavy (non-hydrogen) atoms. The third-order valence-corrected chi connectivity index (χ3v) is 1.22. The van der Waals surface area contributed by atoms with E-state index >= 15 is 0 Å². The molecule has 0 aliphatic rings. The molecule has 0 aliphatic heterocycles. The molecule has 0 aromatic heterocycles. The Morgan fingerprint density at radius 2 is 1.50 bits per heavy atom. The lowest BCUT2D eigenvalue weighted by Gasteiger charge is -1.91. The Morgan fingerprint density at radius 1 is 1.06 bits per heavy atom. The first-order valence-electron chi connectivity index (χ1n) is 4.14. The van der Waals surface area contributed by atoms with E-state index in [0.717, 1.165) is 11.6 Å². The van der Waals surface area contributed by atoms with Crippen LogP contribution in [0.15, 0.2) is 36.4 Å².